The summed E-state index contributed by atoms with van der Waals surface area (Å²) in [5, 5.41) is 3.69. The van der Waals surface area contributed by atoms with E-state index >= 15 is 0 Å². The minimum atomic E-state index is -0.280. The molecule has 0 saturated carbocycles. The monoisotopic (exact) mass is 334 g/mol. The van der Waals surface area contributed by atoms with Crippen LogP contribution < -0.4 is 5.32 Å². The van der Waals surface area contributed by atoms with Crippen molar-refractivity contribution < 1.29 is 9.21 Å². The van der Waals surface area contributed by atoms with E-state index in [-0.39, 0.29) is 11.8 Å². The Morgan fingerprint density at radius 3 is 2.61 bits per heavy atom. The van der Waals surface area contributed by atoms with E-state index in [4.69, 9.17) is 16.0 Å². The minimum absolute atomic E-state index is 0.0162. The second-order valence-electron chi connectivity index (χ2n) is 5.84. The third-order valence-electron chi connectivity index (χ3n) is 3.66. The van der Waals surface area contributed by atoms with Gasteiger partial charge in [0, 0.05) is 18.0 Å². The molecule has 1 aromatic carbocycles. The van der Waals surface area contributed by atoms with Gasteiger partial charge in [0.2, 0.25) is 5.91 Å². The van der Waals surface area contributed by atoms with E-state index in [1.165, 1.54) is 0 Å². The van der Waals surface area contributed by atoms with Gasteiger partial charge in [-0.05, 0) is 56.9 Å². The van der Waals surface area contributed by atoms with Crippen LogP contribution in [0.25, 0.3) is 0 Å². The number of furan rings is 1. The predicted molar refractivity (Wildman–Crippen MR) is 92.8 cm³/mol. The van der Waals surface area contributed by atoms with Gasteiger partial charge in [0.15, 0.2) is 0 Å². The third kappa shape index (κ3) is 5.73. The van der Waals surface area contributed by atoms with E-state index in [2.05, 4.69) is 10.2 Å². The number of hydrogen-bond donors (Lipinski definition) is 1. The van der Waals surface area contributed by atoms with E-state index in [0.29, 0.717) is 18.0 Å². The molecule has 2 rings (SSSR count). The number of nitrogens with zero attached hydrogens (tertiary/aromatic N) is 1. The highest BCUT2D eigenvalue weighted by Crippen LogP contribution is 2.23. The molecule has 1 heterocycles. The third-order valence-corrected chi connectivity index (χ3v) is 3.91. The molecule has 0 aliphatic heterocycles. The summed E-state index contributed by atoms with van der Waals surface area (Å²) in [4.78, 5) is 14.7. The van der Waals surface area contributed by atoms with Gasteiger partial charge in [0.05, 0.1) is 12.2 Å². The first-order chi connectivity index (χ1) is 11.1. The molecule has 2 aromatic rings. The van der Waals surface area contributed by atoms with Gasteiger partial charge in [0.25, 0.3) is 0 Å². The summed E-state index contributed by atoms with van der Waals surface area (Å²) in [7, 11) is 4.05. The van der Waals surface area contributed by atoms with Crippen LogP contribution >= 0.6 is 11.6 Å². The molecule has 0 radical (unpaired) electrons. The fraction of sp³-hybridized carbons (Fsp3) is 0.389. The largest absolute Gasteiger partial charge is 0.469 e. The van der Waals surface area contributed by atoms with Gasteiger partial charge in [-0.3, -0.25) is 4.79 Å². The van der Waals surface area contributed by atoms with E-state index in [1.807, 2.05) is 50.5 Å². The van der Waals surface area contributed by atoms with E-state index in [9.17, 15) is 4.79 Å². The molecule has 5 heteroatoms. The maximum Gasteiger partial charge on any atom is 0.228 e. The Morgan fingerprint density at radius 1 is 1.26 bits per heavy atom. The second kappa shape index (κ2) is 8.75. The van der Waals surface area contributed by atoms with Crippen LogP contribution in [0.2, 0.25) is 5.02 Å². The lowest BCUT2D eigenvalue weighted by atomic mass is 9.93. The van der Waals surface area contributed by atoms with Crippen molar-refractivity contribution in [3.8, 4) is 0 Å². The lowest BCUT2D eigenvalue weighted by Crippen LogP contribution is -2.32. The normalized spacial score (nSPS) is 12.3. The fourth-order valence-electron chi connectivity index (χ4n) is 2.42. The van der Waals surface area contributed by atoms with Crippen LogP contribution in [0.3, 0.4) is 0 Å². The first kappa shape index (κ1) is 17.6. The second-order valence-corrected chi connectivity index (χ2v) is 6.27. The van der Waals surface area contributed by atoms with Crippen molar-refractivity contribution in [3.63, 3.8) is 0 Å². The molecule has 23 heavy (non-hydrogen) atoms. The van der Waals surface area contributed by atoms with Crippen molar-refractivity contribution in [2.24, 2.45) is 0 Å². The summed E-state index contributed by atoms with van der Waals surface area (Å²) < 4.78 is 5.40. The zero-order valence-corrected chi connectivity index (χ0v) is 14.3. The summed E-state index contributed by atoms with van der Waals surface area (Å²) in [5.74, 6) is 0.536. The van der Waals surface area contributed by atoms with E-state index in [1.54, 1.807) is 6.26 Å². The Hall–Kier alpha value is -1.78. The highest BCUT2D eigenvalue weighted by atomic mass is 35.5. The average Bonchev–Trinajstić information content (AvgIpc) is 3.03. The van der Waals surface area contributed by atoms with Gasteiger partial charge in [-0.25, -0.2) is 0 Å². The molecule has 1 unspecified atom stereocenters. The van der Waals surface area contributed by atoms with Crippen molar-refractivity contribution in [3.05, 3.63) is 59.0 Å². The minimum Gasteiger partial charge on any atom is -0.469 e. The molecule has 0 aliphatic rings. The van der Waals surface area contributed by atoms with Crippen LogP contribution in [0.15, 0.2) is 47.1 Å². The average molecular weight is 335 g/mol. The fourth-order valence-corrected chi connectivity index (χ4v) is 2.54. The van der Waals surface area contributed by atoms with Crippen molar-refractivity contribution in [1.82, 2.24) is 10.2 Å². The summed E-state index contributed by atoms with van der Waals surface area (Å²) in [6, 6.07) is 11.1. The maximum atomic E-state index is 12.6. The Labute approximate surface area is 142 Å². The molecule has 1 N–H and O–H groups in total. The smallest absolute Gasteiger partial charge is 0.228 e. The summed E-state index contributed by atoms with van der Waals surface area (Å²) >= 11 is 5.95. The van der Waals surface area contributed by atoms with Gasteiger partial charge in [-0.1, -0.05) is 23.7 Å². The number of benzene rings is 1. The topological polar surface area (TPSA) is 45.5 Å². The van der Waals surface area contributed by atoms with Crippen LogP contribution in [-0.4, -0.2) is 38.0 Å². The lowest BCUT2D eigenvalue weighted by molar-refractivity contribution is -0.122. The van der Waals surface area contributed by atoms with Crippen LogP contribution in [-0.2, 0) is 11.2 Å². The number of halogens is 1. The Kier molecular flexibility index (Phi) is 6.68. The number of carbonyl (C=O) groups excluding carboxylic acids is 1. The van der Waals surface area contributed by atoms with Crippen molar-refractivity contribution >= 4 is 17.5 Å². The SMILES string of the molecule is CN(C)CCCNC(=O)C(Cc1ccco1)c1ccc(Cl)cc1. The summed E-state index contributed by atoms with van der Waals surface area (Å²) in [6.07, 6.45) is 3.09. The van der Waals surface area contributed by atoms with Crippen LogP contribution in [0, 0.1) is 0 Å². The molecule has 1 aromatic heterocycles. The van der Waals surface area contributed by atoms with Crippen LogP contribution in [0.1, 0.15) is 23.7 Å². The quantitative estimate of drug-likeness (QED) is 0.753. The summed E-state index contributed by atoms with van der Waals surface area (Å²) in [6.45, 7) is 1.61. The molecular formula is C18H23ClN2O2. The van der Waals surface area contributed by atoms with Crippen molar-refractivity contribution in [1.29, 1.82) is 0 Å². The van der Waals surface area contributed by atoms with Gasteiger partial charge in [0.1, 0.15) is 5.76 Å². The van der Waals surface area contributed by atoms with E-state index in [0.717, 1.165) is 24.3 Å². The number of carbonyl (C=O) groups is 1. The number of rotatable bonds is 8. The highest BCUT2D eigenvalue weighted by Gasteiger charge is 2.22. The first-order valence-electron chi connectivity index (χ1n) is 7.76. The van der Waals surface area contributed by atoms with Gasteiger partial charge < -0.3 is 14.6 Å². The molecule has 0 spiro atoms. The molecule has 1 amide bonds. The molecule has 1 atom stereocenters. The van der Waals surface area contributed by atoms with Crippen LogP contribution in [0.5, 0.6) is 0 Å². The first-order valence-corrected chi connectivity index (χ1v) is 8.14. The lowest BCUT2D eigenvalue weighted by Gasteiger charge is -2.17. The molecule has 0 bridgehead atoms. The molecule has 124 valence electrons. The molecular weight excluding hydrogens is 312 g/mol. The zero-order chi connectivity index (χ0) is 16.7. The molecule has 0 fully saturated rings. The number of amides is 1. The Bertz CT molecular complexity index is 594. The standard InChI is InChI=1S/C18H23ClN2O2/c1-21(2)11-4-10-20-18(22)17(13-16-5-3-12-23-16)14-6-8-15(19)9-7-14/h3,5-9,12,17H,4,10-11,13H2,1-2H3,(H,20,22). The van der Waals surface area contributed by atoms with Crippen LogP contribution in [0.4, 0.5) is 0 Å². The zero-order valence-electron chi connectivity index (χ0n) is 13.6. The predicted octanol–water partition coefficient (Wildman–Crippen LogP) is 3.33. The molecule has 0 saturated heterocycles. The Balaban J connectivity index is 2.03. The molecule has 0 aliphatic carbocycles. The molecule has 4 nitrogen and oxygen atoms in total. The van der Waals surface area contributed by atoms with Gasteiger partial charge >= 0.3 is 0 Å². The highest BCUT2D eigenvalue weighted by molar-refractivity contribution is 6.30. The van der Waals surface area contributed by atoms with Gasteiger partial charge in [-0.15, -0.1) is 0 Å². The van der Waals surface area contributed by atoms with Crippen molar-refractivity contribution in [2.75, 3.05) is 27.2 Å². The van der Waals surface area contributed by atoms with Gasteiger partial charge in [-0.2, -0.15) is 0 Å². The summed E-state index contributed by atoms with van der Waals surface area (Å²) in [5.41, 5.74) is 0.941. The number of hydrogen-bond acceptors (Lipinski definition) is 3. The van der Waals surface area contributed by atoms with E-state index < -0.39 is 0 Å². The number of nitrogens with one attached hydrogen (secondary N) is 1. The Morgan fingerprint density at radius 2 is 2.00 bits per heavy atom. The van der Waals surface area contributed by atoms with Crippen molar-refractivity contribution in [2.45, 2.75) is 18.8 Å². The maximum absolute atomic E-state index is 12.6.